The number of oxazole rings is 1. The molecule has 4 aromatic heterocycles. The van der Waals surface area contributed by atoms with Crippen LogP contribution in [0.2, 0.25) is 5.02 Å². The van der Waals surface area contributed by atoms with E-state index in [1.54, 1.807) is 23.1 Å². The third kappa shape index (κ3) is 7.11. The summed E-state index contributed by atoms with van der Waals surface area (Å²) in [6.07, 6.45) is 14.1. The van der Waals surface area contributed by atoms with Crippen LogP contribution in [0.15, 0.2) is 60.0 Å². The molecular formula is C30H34ClN11O4. The van der Waals surface area contributed by atoms with Gasteiger partial charge in [0, 0.05) is 37.1 Å². The van der Waals surface area contributed by atoms with E-state index < -0.39 is 0 Å². The quantitative estimate of drug-likeness (QED) is 0.209. The van der Waals surface area contributed by atoms with E-state index in [1.807, 2.05) is 29.9 Å². The van der Waals surface area contributed by atoms with Crippen LogP contribution in [0.3, 0.4) is 0 Å². The Hall–Kier alpha value is -4.60. The molecule has 1 saturated carbocycles. The zero-order chi connectivity index (χ0) is 31.3. The molecule has 16 heteroatoms. The molecule has 240 valence electrons. The second-order valence-electron chi connectivity index (χ2n) is 11.4. The molecule has 46 heavy (non-hydrogen) atoms. The Kier molecular flexibility index (Phi) is 9.03. The van der Waals surface area contributed by atoms with Gasteiger partial charge in [0.15, 0.2) is 0 Å². The molecule has 0 radical (unpaired) electrons. The van der Waals surface area contributed by atoms with Gasteiger partial charge in [-0.05, 0) is 60.7 Å². The van der Waals surface area contributed by atoms with Crippen LogP contribution < -0.4 is 14.8 Å². The molecule has 1 aliphatic carbocycles. The van der Waals surface area contributed by atoms with Gasteiger partial charge in [0.05, 0.1) is 43.2 Å². The number of morpholine rings is 1. The topological polar surface area (TPSA) is 156 Å². The summed E-state index contributed by atoms with van der Waals surface area (Å²) < 4.78 is 26.4. The normalized spacial score (nSPS) is 19.5. The van der Waals surface area contributed by atoms with E-state index in [1.165, 1.54) is 18.8 Å². The molecule has 7 rings (SSSR count). The monoisotopic (exact) mass is 647 g/mol. The maximum atomic E-state index is 6.44. The van der Waals surface area contributed by atoms with Crippen LogP contribution in [0.4, 0.5) is 11.6 Å². The van der Waals surface area contributed by atoms with E-state index >= 15 is 0 Å². The molecule has 5 heterocycles. The highest BCUT2D eigenvalue weighted by atomic mass is 35.5. The number of nitrogens with one attached hydrogen (secondary N) is 1. The summed E-state index contributed by atoms with van der Waals surface area (Å²) in [7, 11) is 0. The molecule has 1 aromatic carbocycles. The minimum Gasteiger partial charge on any atom is -0.487 e. The van der Waals surface area contributed by atoms with Crippen molar-refractivity contribution < 1.29 is 18.6 Å². The lowest BCUT2D eigenvalue weighted by Crippen LogP contribution is -2.45. The molecule has 0 spiro atoms. The molecular weight excluding hydrogens is 614 g/mol. The number of ether oxygens (including phenoxy) is 3. The fourth-order valence-corrected chi connectivity index (χ4v) is 6.08. The summed E-state index contributed by atoms with van der Waals surface area (Å²) in [5.74, 6) is 1.26. The number of hydrogen-bond acceptors (Lipinski definition) is 13. The smallest absolute Gasteiger partial charge is 0.400 e. The van der Waals surface area contributed by atoms with Crippen LogP contribution in [-0.2, 0) is 11.3 Å². The summed E-state index contributed by atoms with van der Waals surface area (Å²) in [6, 6.07) is 6.39. The highest BCUT2D eigenvalue weighted by Crippen LogP contribution is 2.36. The summed E-state index contributed by atoms with van der Waals surface area (Å²) in [6.45, 7) is 6.05. The number of rotatable bonds is 11. The lowest BCUT2D eigenvalue weighted by atomic mass is 9.90. The van der Waals surface area contributed by atoms with Gasteiger partial charge in [-0.3, -0.25) is 9.58 Å². The highest BCUT2D eigenvalue weighted by molar-refractivity contribution is 6.32. The standard InChI is InChI=1S/C30H34ClN11O4/c1-20(17-41-19-35-38-39-41)45-27-14-21(2-7-25(27)31)22-15-33-29(34-16-22)36-26-18-42(37-28(26)46-30-32-8-11-44-30)24-5-3-23(4-6-24)40-9-12-43-13-10-40/h2,7-8,11,14-16,18-20,23-24H,3-6,9-10,12-13,17H2,1H3,(H,33,34,36)/t20-,23-,24-/m0/s1. The largest absolute Gasteiger partial charge is 0.487 e. The van der Waals surface area contributed by atoms with E-state index in [2.05, 4.69) is 40.7 Å². The number of aromatic nitrogens is 9. The molecule has 0 bridgehead atoms. The Morgan fingerprint density at radius 2 is 1.85 bits per heavy atom. The van der Waals surface area contributed by atoms with E-state index in [9.17, 15) is 0 Å². The van der Waals surface area contributed by atoms with Gasteiger partial charge >= 0.3 is 6.08 Å². The van der Waals surface area contributed by atoms with E-state index in [0.29, 0.717) is 40.9 Å². The van der Waals surface area contributed by atoms with Gasteiger partial charge in [-0.1, -0.05) is 17.7 Å². The van der Waals surface area contributed by atoms with Gasteiger partial charge in [0.2, 0.25) is 5.95 Å². The van der Waals surface area contributed by atoms with Crippen LogP contribution in [0.5, 0.6) is 17.7 Å². The number of anilines is 2. The van der Waals surface area contributed by atoms with Crippen molar-refractivity contribution in [1.29, 1.82) is 0 Å². The van der Waals surface area contributed by atoms with Crippen LogP contribution in [0.25, 0.3) is 11.1 Å². The maximum absolute atomic E-state index is 6.44. The number of halogens is 1. The molecule has 1 aliphatic heterocycles. The van der Waals surface area contributed by atoms with E-state index in [-0.39, 0.29) is 18.2 Å². The Morgan fingerprint density at radius 1 is 1.04 bits per heavy atom. The van der Waals surface area contributed by atoms with Crippen molar-refractivity contribution in [2.75, 3.05) is 31.6 Å². The highest BCUT2D eigenvalue weighted by Gasteiger charge is 2.29. The van der Waals surface area contributed by atoms with Crippen LogP contribution in [0.1, 0.15) is 38.6 Å². The van der Waals surface area contributed by atoms with Crippen molar-refractivity contribution in [2.24, 2.45) is 0 Å². The lowest BCUT2D eigenvalue weighted by molar-refractivity contribution is 0.00503. The van der Waals surface area contributed by atoms with Crippen molar-refractivity contribution in [3.05, 3.63) is 60.6 Å². The molecule has 0 amide bonds. The summed E-state index contributed by atoms with van der Waals surface area (Å²) >= 11 is 6.44. The average molecular weight is 648 g/mol. The Morgan fingerprint density at radius 3 is 2.59 bits per heavy atom. The fraction of sp³-hybridized carbons (Fsp3) is 0.433. The molecule has 2 fully saturated rings. The average Bonchev–Trinajstić information content (AvgIpc) is 3.87. The fourth-order valence-electron chi connectivity index (χ4n) is 5.91. The predicted octanol–water partition coefficient (Wildman–Crippen LogP) is 4.79. The number of benzene rings is 1. The van der Waals surface area contributed by atoms with Gasteiger partial charge in [-0.25, -0.2) is 14.6 Å². The first kappa shape index (κ1) is 30.1. The second kappa shape index (κ2) is 13.8. The van der Waals surface area contributed by atoms with Gasteiger partial charge < -0.3 is 23.9 Å². The molecule has 1 N–H and O–H groups in total. The van der Waals surface area contributed by atoms with Crippen molar-refractivity contribution in [1.82, 2.24) is 49.8 Å². The number of tetrazole rings is 1. The zero-order valence-electron chi connectivity index (χ0n) is 25.3. The van der Waals surface area contributed by atoms with Gasteiger partial charge in [0.1, 0.15) is 30.1 Å². The Labute approximate surface area is 269 Å². The first-order valence-electron chi connectivity index (χ1n) is 15.3. The van der Waals surface area contributed by atoms with Crippen molar-refractivity contribution in [3.8, 4) is 28.8 Å². The molecule has 0 unspecified atom stereocenters. The minimum absolute atomic E-state index is 0.105. The second-order valence-corrected chi connectivity index (χ2v) is 11.8. The molecule has 1 saturated heterocycles. The van der Waals surface area contributed by atoms with E-state index in [0.717, 1.165) is 63.1 Å². The van der Waals surface area contributed by atoms with Crippen molar-refractivity contribution in [2.45, 2.75) is 57.3 Å². The Balaban J connectivity index is 1.04. The van der Waals surface area contributed by atoms with Gasteiger partial charge in [-0.15, -0.1) is 10.2 Å². The van der Waals surface area contributed by atoms with Gasteiger partial charge in [0.25, 0.3) is 5.88 Å². The third-order valence-electron chi connectivity index (χ3n) is 8.22. The van der Waals surface area contributed by atoms with Gasteiger partial charge in [-0.2, -0.15) is 4.98 Å². The number of hydrogen-bond donors (Lipinski definition) is 1. The number of nitrogens with zero attached hydrogens (tertiary/aromatic N) is 10. The summed E-state index contributed by atoms with van der Waals surface area (Å²) in [5.41, 5.74) is 2.26. The third-order valence-corrected chi connectivity index (χ3v) is 8.53. The van der Waals surface area contributed by atoms with Crippen LogP contribution in [0, 0.1) is 0 Å². The molecule has 1 atom stereocenters. The van der Waals surface area contributed by atoms with Crippen molar-refractivity contribution >= 4 is 23.2 Å². The zero-order valence-corrected chi connectivity index (χ0v) is 26.0. The first-order valence-corrected chi connectivity index (χ1v) is 15.7. The molecule has 15 nitrogen and oxygen atoms in total. The van der Waals surface area contributed by atoms with E-state index in [4.69, 9.17) is 35.3 Å². The van der Waals surface area contributed by atoms with Crippen LogP contribution >= 0.6 is 11.6 Å². The Bertz CT molecular complexity index is 1680. The molecule has 5 aromatic rings. The molecule has 2 aliphatic rings. The van der Waals surface area contributed by atoms with Crippen molar-refractivity contribution in [3.63, 3.8) is 0 Å². The summed E-state index contributed by atoms with van der Waals surface area (Å²) in [4.78, 5) is 15.8. The lowest BCUT2D eigenvalue weighted by Gasteiger charge is -2.38. The predicted molar refractivity (Wildman–Crippen MR) is 166 cm³/mol. The summed E-state index contributed by atoms with van der Waals surface area (Å²) in [5, 5.41) is 19.7. The van der Waals surface area contributed by atoms with Crippen LogP contribution in [-0.4, -0.2) is 88.3 Å². The maximum Gasteiger partial charge on any atom is 0.400 e. The first-order chi connectivity index (χ1) is 22.6. The minimum atomic E-state index is -0.215. The SMILES string of the molecule is C[C@@H](Cn1cnnn1)Oc1cc(-c2cnc(Nc3cn([C@H]4CC[C@H](N5CCOCC5)CC4)nc3Oc3ncco3)nc2)ccc1Cl.